The second-order valence-electron chi connectivity index (χ2n) is 9.84. The number of carbonyl (C=O) groups excluding carboxylic acids is 1. The number of hydrogen-bond donors (Lipinski definition) is 1. The van der Waals surface area contributed by atoms with Gasteiger partial charge >= 0.3 is 11.0 Å². The third-order valence-corrected chi connectivity index (χ3v) is 6.76. The molecule has 0 bridgehead atoms. The lowest BCUT2D eigenvalue weighted by molar-refractivity contribution is 0.0528. The zero-order valence-corrected chi connectivity index (χ0v) is 22.5. The first-order valence-electron chi connectivity index (χ1n) is 12.4. The van der Waals surface area contributed by atoms with E-state index >= 15 is 0 Å². The molecule has 38 heavy (non-hydrogen) atoms. The van der Waals surface area contributed by atoms with E-state index in [1.165, 1.54) is 0 Å². The number of hydrogen-bond acceptors (Lipinski definition) is 7. The van der Waals surface area contributed by atoms with E-state index in [0.29, 0.717) is 31.9 Å². The number of benzene rings is 3. The highest BCUT2D eigenvalue weighted by molar-refractivity contribution is 7.16. The van der Waals surface area contributed by atoms with Gasteiger partial charge in [0, 0.05) is 6.54 Å². The number of nitroso groups, excluding NO2 is 1. The van der Waals surface area contributed by atoms with Gasteiger partial charge in [0.05, 0.1) is 16.8 Å². The van der Waals surface area contributed by atoms with Gasteiger partial charge in [-0.05, 0) is 68.1 Å². The maximum absolute atomic E-state index is 12.7. The van der Waals surface area contributed by atoms with E-state index in [2.05, 4.69) is 10.5 Å². The van der Waals surface area contributed by atoms with Crippen molar-refractivity contribution in [1.82, 2.24) is 9.88 Å². The number of carbonyl (C=O) groups is 1. The second-order valence-corrected chi connectivity index (χ2v) is 10.8. The van der Waals surface area contributed by atoms with Gasteiger partial charge in [0.25, 0.3) is 0 Å². The van der Waals surface area contributed by atoms with Crippen molar-refractivity contribution in [2.24, 2.45) is 5.18 Å². The van der Waals surface area contributed by atoms with Gasteiger partial charge in [0.2, 0.25) is 0 Å². The van der Waals surface area contributed by atoms with Gasteiger partial charge in [-0.15, -0.1) is 4.91 Å². The van der Waals surface area contributed by atoms with Crippen LogP contribution in [0.3, 0.4) is 0 Å². The smallest absolute Gasteiger partial charge is 0.407 e. The van der Waals surface area contributed by atoms with E-state index in [1.807, 2.05) is 93.6 Å². The highest BCUT2D eigenvalue weighted by atomic mass is 32.1. The number of nitrogens with one attached hydrogen (secondary N) is 1. The molecule has 8 nitrogen and oxygen atoms in total. The van der Waals surface area contributed by atoms with Gasteiger partial charge in [-0.25, -0.2) is 4.79 Å². The molecule has 4 aromatic rings. The fourth-order valence-corrected chi connectivity index (χ4v) is 5.01. The summed E-state index contributed by atoms with van der Waals surface area (Å²) in [5, 5.41) is 6.06. The number of amides is 1. The van der Waals surface area contributed by atoms with Crippen molar-refractivity contribution in [2.75, 3.05) is 13.2 Å². The largest absolute Gasteiger partial charge is 0.492 e. The lowest BCUT2D eigenvalue weighted by Gasteiger charge is -2.19. The zero-order valence-electron chi connectivity index (χ0n) is 21.7. The molecule has 0 aliphatic rings. The molecule has 0 aliphatic heterocycles. The summed E-state index contributed by atoms with van der Waals surface area (Å²) in [6.07, 6.45) is 0.240. The van der Waals surface area contributed by atoms with Gasteiger partial charge in [-0.1, -0.05) is 65.0 Å². The minimum Gasteiger partial charge on any atom is -0.492 e. The number of fused-ring (bicyclic) bond motifs is 1. The Bertz CT molecular complexity index is 1440. The van der Waals surface area contributed by atoms with Crippen LogP contribution < -0.4 is 14.9 Å². The van der Waals surface area contributed by atoms with E-state index in [0.717, 1.165) is 38.2 Å². The molecule has 1 heterocycles. The molecular weight excluding hydrogens is 502 g/mol. The van der Waals surface area contributed by atoms with Crippen molar-refractivity contribution in [3.8, 4) is 5.75 Å². The Balaban J connectivity index is 1.32. The molecule has 0 aliphatic carbocycles. The van der Waals surface area contributed by atoms with Crippen LogP contribution in [0.1, 0.15) is 43.5 Å². The van der Waals surface area contributed by atoms with Crippen molar-refractivity contribution >= 4 is 27.6 Å². The lowest BCUT2D eigenvalue weighted by Crippen LogP contribution is -2.33. The Kier molecular flexibility index (Phi) is 8.58. The summed E-state index contributed by atoms with van der Waals surface area (Å²) in [5.74, 6) is 0.700. The van der Waals surface area contributed by atoms with Crippen LogP contribution in [-0.4, -0.2) is 29.4 Å². The topological polar surface area (TPSA) is 99.0 Å². The van der Waals surface area contributed by atoms with Crippen molar-refractivity contribution in [2.45, 2.75) is 45.4 Å². The highest BCUT2D eigenvalue weighted by Gasteiger charge is 2.17. The summed E-state index contributed by atoms with van der Waals surface area (Å²) >= 11 is 1.15. The third-order valence-electron chi connectivity index (χ3n) is 5.82. The average Bonchev–Trinajstić information content (AvgIpc) is 3.19. The number of rotatable bonds is 10. The molecule has 0 radical (unpaired) electrons. The van der Waals surface area contributed by atoms with E-state index in [-0.39, 0.29) is 4.87 Å². The lowest BCUT2D eigenvalue weighted by atomic mass is 9.99. The average molecular weight is 534 g/mol. The van der Waals surface area contributed by atoms with Crippen LogP contribution in [0.15, 0.2) is 82.8 Å². The summed E-state index contributed by atoms with van der Waals surface area (Å²) in [7, 11) is 0. The molecule has 1 amide bonds. The number of alkyl carbamates (subject to hydrolysis) is 1. The minimum absolute atomic E-state index is 0.0797. The second kappa shape index (κ2) is 12.0. The number of nitrogens with zero attached hydrogens (tertiary/aromatic N) is 2. The van der Waals surface area contributed by atoms with Crippen molar-refractivity contribution in [3.05, 3.63) is 104 Å². The predicted octanol–water partition coefficient (Wildman–Crippen LogP) is 6.07. The molecule has 198 valence electrons. The molecule has 1 unspecified atom stereocenters. The molecule has 0 saturated heterocycles. The van der Waals surface area contributed by atoms with Crippen LogP contribution >= 0.6 is 11.3 Å². The van der Waals surface area contributed by atoms with Crippen LogP contribution in [-0.2, 0) is 17.7 Å². The fraction of sp³-hybridized carbons (Fsp3) is 0.310. The number of ether oxygens (including phenoxy) is 2. The standard InChI is InChI=1S/C29H31N3O5S/c1-29(2,3)37-27(33)30-16-15-20-9-12-23(13-10-20)36-18-17-32-24-14-11-22(19-25(24)38-28(32)34)26(31-35)21-7-5-4-6-8-21/h4-14,19,26H,15-18H2,1-3H3,(H,30,33). The maximum atomic E-state index is 12.7. The molecular formula is C29H31N3O5S. The van der Waals surface area contributed by atoms with Gasteiger partial charge in [-0.2, -0.15) is 0 Å². The maximum Gasteiger partial charge on any atom is 0.407 e. The molecule has 1 atom stereocenters. The first-order valence-corrected chi connectivity index (χ1v) is 13.2. The van der Waals surface area contributed by atoms with Crippen LogP contribution in [0.2, 0.25) is 0 Å². The summed E-state index contributed by atoms with van der Waals surface area (Å²) in [4.78, 5) is 35.9. The van der Waals surface area contributed by atoms with Gasteiger partial charge in [-0.3, -0.25) is 9.36 Å². The van der Waals surface area contributed by atoms with Gasteiger partial charge in [0.1, 0.15) is 24.0 Å². The zero-order chi connectivity index (χ0) is 27.1. The molecule has 9 heteroatoms. The normalized spacial score (nSPS) is 12.2. The Morgan fingerprint density at radius 1 is 1.03 bits per heavy atom. The Morgan fingerprint density at radius 3 is 2.45 bits per heavy atom. The SMILES string of the molecule is CC(C)(C)OC(=O)NCCc1ccc(OCCn2c(=O)sc3cc(C(N=O)c4ccccc4)ccc32)cc1. The first kappa shape index (κ1) is 27.1. The fourth-order valence-electron chi connectivity index (χ4n) is 4.04. The molecule has 1 aromatic heterocycles. The third kappa shape index (κ3) is 7.07. The Hall–Kier alpha value is -3.98. The van der Waals surface area contributed by atoms with Crippen LogP contribution in [0, 0.1) is 4.91 Å². The predicted molar refractivity (Wildman–Crippen MR) is 150 cm³/mol. The van der Waals surface area contributed by atoms with Crippen molar-refractivity contribution in [1.29, 1.82) is 0 Å². The first-order chi connectivity index (χ1) is 18.2. The summed E-state index contributed by atoms with van der Waals surface area (Å²) in [6, 6.07) is 22.0. The van der Waals surface area contributed by atoms with Crippen LogP contribution in [0.5, 0.6) is 5.75 Å². The van der Waals surface area contributed by atoms with E-state index in [1.54, 1.807) is 4.57 Å². The Labute approximate surface area is 225 Å². The van der Waals surface area contributed by atoms with E-state index in [9.17, 15) is 14.5 Å². The summed E-state index contributed by atoms with van der Waals surface area (Å²) in [6.45, 7) is 6.68. The van der Waals surface area contributed by atoms with Crippen LogP contribution in [0.25, 0.3) is 10.2 Å². The van der Waals surface area contributed by atoms with Crippen molar-refractivity contribution in [3.63, 3.8) is 0 Å². The minimum atomic E-state index is -0.620. The molecule has 1 N–H and O–H groups in total. The van der Waals surface area contributed by atoms with Crippen LogP contribution in [0.4, 0.5) is 4.79 Å². The van der Waals surface area contributed by atoms with Crippen molar-refractivity contribution < 1.29 is 14.3 Å². The molecule has 0 spiro atoms. The quantitative estimate of drug-likeness (QED) is 0.250. The summed E-state index contributed by atoms with van der Waals surface area (Å²) < 4.78 is 13.6. The summed E-state index contributed by atoms with van der Waals surface area (Å²) in [5.41, 5.74) is 2.91. The monoisotopic (exact) mass is 533 g/mol. The van der Waals surface area contributed by atoms with E-state index < -0.39 is 17.7 Å². The molecule has 0 saturated carbocycles. The Morgan fingerprint density at radius 2 is 1.76 bits per heavy atom. The number of aromatic nitrogens is 1. The number of thiazole rings is 1. The highest BCUT2D eigenvalue weighted by Crippen LogP contribution is 2.29. The molecule has 3 aromatic carbocycles. The molecule has 0 fully saturated rings. The van der Waals surface area contributed by atoms with E-state index in [4.69, 9.17) is 9.47 Å². The van der Waals surface area contributed by atoms with Gasteiger partial charge < -0.3 is 14.8 Å². The molecule has 4 rings (SSSR count). The van der Waals surface area contributed by atoms with Gasteiger partial charge in [0.15, 0.2) is 0 Å².